The molecular weight excluding hydrogens is 164 g/mol. The zero-order valence-corrected chi connectivity index (χ0v) is 8.46. The van der Waals surface area contributed by atoms with E-state index in [4.69, 9.17) is 5.73 Å². The molecule has 1 amide bonds. The summed E-state index contributed by atoms with van der Waals surface area (Å²) in [4.78, 5) is 12.9. The van der Waals surface area contributed by atoms with Crippen LogP contribution < -0.4 is 5.73 Å². The van der Waals surface area contributed by atoms with Gasteiger partial charge >= 0.3 is 0 Å². The molecule has 0 aliphatic carbocycles. The number of primary amides is 1. The van der Waals surface area contributed by atoms with Crippen LogP contribution in [0.15, 0.2) is 0 Å². The summed E-state index contributed by atoms with van der Waals surface area (Å²) in [5.74, 6) is 0.660. The smallest absolute Gasteiger partial charge is 0.231 e. The first-order valence-corrected chi connectivity index (χ1v) is 5.23. The Bertz CT molecular complexity index is 170. The van der Waals surface area contributed by atoms with Gasteiger partial charge in [0.2, 0.25) is 5.91 Å². The van der Waals surface area contributed by atoms with Gasteiger partial charge in [0.1, 0.15) is 0 Å². The van der Waals surface area contributed by atoms with Crippen LogP contribution in [0.2, 0.25) is 0 Å². The van der Waals surface area contributed by atoms with Gasteiger partial charge in [-0.15, -0.1) is 0 Å². The molecule has 13 heavy (non-hydrogen) atoms. The molecule has 0 spiro atoms. The minimum Gasteiger partial charge on any atom is -0.369 e. The van der Waals surface area contributed by atoms with E-state index >= 15 is 0 Å². The highest BCUT2D eigenvalue weighted by atomic mass is 16.1. The normalized spacial score (nSPS) is 25.5. The molecule has 0 aromatic rings. The minimum atomic E-state index is -0.199. The van der Waals surface area contributed by atoms with Crippen molar-refractivity contribution in [2.24, 2.45) is 11.7 Å². The van der Waals surface area contributed by atoms with Crippen molar-refractivity contribution < 1.29 is 4.79 Å². The van der Waals surface area contributed by atoms with Crippen LogP contribution >= 0.6 is 0 Å². The van der Waals surface area contributed by atoms with E-state index in [-0.39, 0.29) is 5.91 Å². The van der Waals surface area contributed by atoms with Crippen molar-refractivity contribution in [3.05, 3.63) is 0 Å². The standard InChI is InChI=1S/C10H20N2O/c1-2-9-4-3-6-12(7-5-9)8-10(11)13/h9H,2-8H2,1H3,(H2,11,13). The van der Waals surface area contributed by atoms with Crippen molar-refractivity contribution in [2.45, 2.75) is 32.6 Å². The largest absolute Gasteiger partial charge is 0.369 e. The first kappa shape index (κ1) is 10.5. The third-order valence-electron chi connectivity index (χ3n) is 2.90. The van der Waals surface area contributed by atoms with Gasteiger partial charge in [0.15, 0.2) is 0 Å². The molecule has 3 nitrogen and oxygen atoms in total. The summed E-state index contributed by atoms with van der Waals surface area (Å²) in [6.45, 7) is 4.77. The maximum Gasteiger partial charge on any atom is 0.231 e. The van der Waals surface area contributed by atoms with E-state index < -0.39 is 0 Å². The average Bonchev–Trinajstić information content (AvgIpc) is 2.29. The molecule has 2 N–H and O–H groups in total. The second kappa shape index (κ2) is 5.22. The highest BCUT2D eigenvalue weighted by molar-refractivity contribution is 5.75. The van der Waals surface area contributed by atoms with Crippen LogP contribution in [0.3, 0.4) is 0 Å². The highest BCUT2D eigenvalue weighted by Gasteiger charge is 2.16. The number of rotatable bonds is 3. The number of likely N-dealkylation sites (tertiary alicyclic amines) is 1. The molecule has 1 saturated heterocycles. The molecule has 0 aromatic carbocycles. The molecule has 1 atom stereocenters. The lowest BCUT2D eigenvalue weighted by Crippen LogP contribution is -2.34. The molecule has 0 radical (unpaired) electrons. The van der Waals surface area contributed by atoms with Crippen LogP contribution in [0, 0.1) is 5.92 Å². The Morgan fingerprint density at radius 3 is 2.85 bits per heavy atom. The van der Waals surface area contributed by atoms with E-state index in [1.807, 2.05) is 0 Å². The lowest BCUT2D eigenvalue weighted by molar-refractivity contribution is -0.119. The third kappa shape index (κ3) is 3.77. The summed E-state index contributed by atoms with van der Waals surface area (Å²) in [6, 6.07) is 0. The number of hydrogen-bond donors (Lipinski definition) is 1. The predicted molar refractivity (Wildman–Crippen MR) is 53.3 cm³/mol. The lowest BCUT2D eigenvalue weighted by atomic mass is 9.98. The summed E-state index contributed by atoms with van der Waals surface area (Å²) < 4.78 is 0. The van der Waals surface area contributed by atoms with Gasteiger partial charge in [-0.2, -0.15) is 0 Å². The quantitative estimate of drug-likeness (QED) is 0.711. The van der Waals surface area contributed by atoms with Crippen molar-refractivity contribution in [2.75, 3.05) is 19.6 Å². The second-order valence-corrected chi connectivity index (χ2v) is 3.95. The Morgan fingerprint density at radius 1 is 1.46 bits per heavy atom. The number of nitrogens with zero attached hydrogens (tertiary/aromatic N) is 1. The lowest BCUT2D eigenvalue weighted by Gasteiger charge is -2.17. The summed E-state index contributed by atoms with van der Waals surface area (Å²) >= 11 is 0. The topological polar surface area (TPSA) is 46.3 Å². The number of carbonyl (C=O) groups is 1. The summed E-state index contributed by atoms with van der Waals surface area (Å²) in [7, 11) is 0. The Morgan fingerprint density at radius 2 is 2.23 bits per heavy atom. The SMILES string of the molecule is CCC1CCCN(CC(N)=O)CC1. The first-order valence-electron chi connectivity index (χ1n) is 5.23. The Balaban J connectivity index is 2.31. The van der Waals surface area contributed by atoms with E-state index in [1.54, 1.807) is 0 Å². The molecule has 76 valence electrons. The third-order valence-corrected chi connectivity index (χ3v) is 2.90. The van der Waals surface area contributed by atoms with Crippen molar-refractivity contribution in [3.8, 4) is 0 Å². The number of nitrogens with two attached hydrogens (primary N) is 1. The van der Waals surface area contributed by atoms with Crippen molar-refractivity contribution in [3.63, 3.8) is 0 Å². The van der Waals surface area contributed by atoms with E-state index in [9.17, 15) is 4.79 Å². The Labute approximate surface area is 80.3 Å². The minimum absolute atomic E-state index is 0.199. The van der Waals surface area contributed by atoms with Gasteiger partial charge in [0, 0.05) is 0 Å². The summed E-state index contributed by atoms with van der Waals surface area (Å²) in [6.07, 6.45) is 5.02. The zero-order chi connectivity index (χ0) is 9.68. The Hall–Kier alpha value is -0.570. The number of amides is 1. The molecule has 1 aliphatic heterocycles. The molecule has 0 saturated carbocycles. The van der Waals surface area contributed by atoms with Crippen LogP contribution in [0.5, 0.6) is 0 Å². The molecule has 1 fully saturated rings. The van der Waals surface area contributed by atoms with Gasteiger partial charge < -0.3 is 5.73 Å². The number of hydrogen-bond acceptors (Lipinski definition) is 2. The molecule has 1 unspecified atom stereocenters. The van der Waals surface area contributed by atoms with Crippen LogP contribution in [0.1, 0.15) is 32.6 Å². The van der Waals surface area contributed by atoms with Crippen molar-refractivity contribution >= 4 is 5.91 Å². The van der Waals surface area contributed by atoms with Gasteiger partial charge in [-0.05, 0) is 38.3 Å². The van der Waals surface area contributed by atoms with Gasteiger partial charge in [-0.1, -0.05) is 13.3 Å². The van der Waals surface area contributed by atoms with Crippen LogP contribution in [-0.4, -0.2) is 30.4 Å². The predicted octanol–water partition coefficient (Wildman–Crippen LogP) is 0.984. The monoisotopic (exact) mass is 184 g/mol. The van der Waals surface area contributed by atoms with Crippen LogP contribution in [-0.2, 0) is 4.79 Å². The molecule has 3 heteroatoms. The van der Waals surface area contributed by atoms with Crippen molar-refractivity contribution in [1.82, 2.24) is 4.90 Å². The zero-order valence-electron chi connectivity index (χ0n) is 8.46. The van der Waals surface area contributed by atoms with Gasteiger partial charge in [-0.25, -0.2) is 0 Å². The molecule has 1 heterocycles. The molecular formula is C10H20N2O. The summed E-state index contributed by atoms with van der Waals surface area (Å²) in [5.41, 5.74) is 5.16. The van der Waals surface area contributed by atoms with E-state index in [2.05, 4.69) is 11.8 Å². The van der Waals surface area contributed by atoms with Gasteiger partial charge in [0.25, 0.3) is 0 Å². The first-order chi connectivity index (χ1) is 6.22. The molecule has 1 aliphatic rings. The van der Waals surface area contributed by atoms with Gasteiger partial charge in [-0.3, -0.25) is 9.69 Å². The molecule has 0 aromatic heterocycles. The highest BCUT2D eigenvalue weighted by Crippen LogP contribution is 2.19. The van der Waals surface area contributed by atoms with Gasteiger partial charge in [0.05, 0.1) is 6.54 Å². The molecule has 0 bridgehead atoms. The maximum absolute atomic E-state index is 10.7. The average molecular weight is 184 g/mol. The fourth-order valence-electron chi connectivity index (χ4n) is 2.01. The van der Waals surface area contributed by atoms with E-state index in [0.29, 0.717) is 6.54 Å². The fourth-order valence-corrected chi connectivity index (χ4v) is 2.01. The van der Waals surface area contributed by atoms with Crippen LogP contribution in [0.25, 0.3) is 0 Å². The van der Waals surface area contributed by atoms with Crippen LogP contribution in [0.4, 0.5) is 0 Å². The summed E-state index contributed by atoms with van der Waals surface area (Å²) in [5, 5.41) is 0. The maximum atomic E-state index is 10.7. The molecule has 1 rings (SSSR count). The Kier molecular flexibility index (Phi) is 4.22. The fraction of sp³-hybridized carbons (Fsp3) is 0.900. The number of carbonyl (C=O) groups excluding carboxylic acids is 1. The van der Waals surface area contributed by atoms with E-state index in [1.165, 1.54) is 25.7 Å². The van der Waals surface area contributed by atoms with E-state index in [0.717, 1.165) is 19.0 Å². The van der Waals surface area contributed by atoms with Crippen molar-refractivity contribution in [1.29, 1.82) is 0 Å². The second-order valence-electron chi connectivity index (χ2n) is 3.95.